The molecule has 4 heterocycles. The van der Waals surface area contributed by atoms with Crippen LogP contribution in [0.15, 0.2) is 17.0 Å². The summed E-state index contributed by atoms with van der Waals surface area (Å²) in [6.07, 6.45) is 7.63. The maximum atomic E-state index is 13.1. The lowest BCUT2D eigenvalue weighted by atomic mass is 9.73. The zero-order chi connectivity index (χ0) is 19.7. The normalized spacial score (nSPS) is 22.9. The van der Waals surface area contributed by atoms with Gasteiger partial charge in [-0.05, 0) is 33.1 Å². The largest absolute Gasteiger partial charge is 0.361 e. The lowest BCUT2D eigenvalue weighted by Crippen LogP contribution is -2.55. The van der Waals surface area contributed by atoms with Crippen LogP contribution in [0.3, 0.4) is 0 Å². The van der Waals surface area contributed by atoms with E-state index < -0.39 is 0 Å². The summed E-state index contributed by atoms with van der Waals surface area (Å²) in [6, 6.07) is 0. The minimum Gasteiger partial charge on any atom is -0.361 e. The molecule has 2 aliphatic rings. The predicted octanol–water partition coefficient (Wildman–Crippen LogP) is 2.10. The molecule has 0 radical (unpaired) electrons. The molecule has 1 N–H and O–H groups in total. The number of nitrogens with one attached hydrogen (secondary N) is 1. The number of carbonyl (C=O) groups is 2. The quantitative estimate of drug-likeness (QED) is 0.870. The average Bonchev–Trinajstić information content (AvgIpc) is 3.32. The van der Waals surface area contributed by atoms with Gasteiger partial charge in [0.05, 0.1) is 12.0 Å². The molecule has 0 aromatic carbocycles. The number of H-pyrrole nitrogens is 1. The van der Waals surface area contributed by atoms with Crippen LogP contribution in [0.1, 0.15) is 53.2 Å². The summed E-state index contributed by atoms with van der Waals surface area (Å²) in [5, 5.41) is 3.92. The topological polar surface area (TPSA) is 95.3 Å². The summed E-state index contributed by atoms with van der Waals surface area (Å²) in [4.78, 5) is 36.6. The summed E-state index contributed by atoms with van der Waals surface area (Å²) >= 11 is 0. The molecular weight excluding hydrogens is 358 g/mol. The molecule has 28 heavy (non-hydrogen) atoms. The Morgan fingerprint density at radius 1 is 1.32 bits per heavy atom. The Kier molecular flexibility index (Phi) is 4.95. The van der Waals surface area contributed by atoms with Crippen molar-refractivity contribution in [2.45, 2.75) is 46.0 Å². The van der Waals surface area contributed by atoms with Crippen molar-refractivity contribution in [3.8, 4) is 0 Å². The van der Waals surface area contributed by atoms with Crippen LogP contribution in [0, 0.1) is 19.3 Å². The highest BCUT2D eigenvalue weighted by Crippen LogP contribution is 2.39. The van der Waals surface area contributed by atoms with Gasteiger partial charge in [-0.2, -0.15) is 0 Å². The van der Waals surface area contributed by atoms with Crippen molar-refractivity contribution >= 4 is 11.8 Å². The molecule has 2 amide bonds. The van der Waals surface area contributed by atoms with Gasteiger partial charge in [-0.3, -0.25) is 9.59 Å². The van der Waals surface area contributed by atoms with E-state index in [4.69, 9.17) is 4.52 Å². The van der Waals surface area contributed by atoms with Crippen LogP contribution in [0.25, 0.3) is 0 Å². The van der Waals surface area contributed by atoms with E-state index in [0.717, 1.165) is 37.9 Å². The average molecular weight is 385 g/mol. The number of amides is 2. The van der Waals surface area contributed by atoms with Gasteiger partial charge in [0.25, 0.3) is 5.91 Å². The molecule has 1 atom stereocenters. The van der Waals surface area contributed by atoms with E-state index in [1.165, 1.54) is 0 Å². The van der Waals surface area contributed by atoms with Crippen LogP contribution in [0.2, 0.25) is 0 Å². The third-order valence-corrected chi connectivity index (χ3v) is 6.15. The van der Waals surface area contributed by atoms with Gasteiger partial charge in [0.1, 0.15) is 11.3 Å². The summed E-state index contributed by atoms with van der Waals surface area (Å²) in [7, 11) is 0. The first-order valence-corrected chi connectivity index (χ1v) is 9.95. The monoisotopic (exact) mass is 385 g/mol. The fourth-order valence-corrected chi connectivity index (χ4v) is 4.64. The third kappa shape index (κ3) is 3.55. The van der Waals surface area contributed by atoms with Gasteiger partial charge in [-0.15, -0.1) is 0 Å². The number of piperidine rings is 2. The van der Waals surface area contributed by atoms with Crippen LogP contribution >= 0.6 is 0 Å². The molecule has 2 fully saturated rings. The molecule has 1 unspecified atom stereocenters. The lowest BCUT2D eigenvalue weighted by Gasteiger charge is -2.48. The number of imidazole rings is 1. The summed E-state index contributed by atoms with van der Waals surface area (Å²) < 4.78 is 5.18. The van der Waals surface area contributed by atoms with E-state index in [1.54, 1.807) is 26.4 Å². The molecule has 8 heteroatoms. The number of likely N-dealkylation sites (tertiary alicyclic amines) is 2. The molecule has 0 aliphatic carbocycles. The maximum absolute atomic E-state index is 13.1. The van der Waals surface area contributed by atoms with Gasteiger partial charge in [-0.25, -0.2) is 4.98 Å². The second-order valence-electron chi connectivity index (χ2n) is 8.17. The van der Waals surface area contributed by atoms with Crippen LogP contribution in [0.5, 0.6) is 0 Å². The van der Waals surface area contributed by atoms with Crippen molar-refractivity contribution in [1.82, 2.24) is 24.9 Å². The number of carbonyl (C=O) groups excluding carboxylic acids is 2. The Balaban J connectivity index is 1.46. The van der Waals surface area contributed by atoms with Gasteiger partial charge in [0.15, 0.2) is 0 Å². The highest BCUT2D eigenvalue weighted by molar-refractivity contribution is 5.96. The molecule has 8 nitrogen and oxygen atoms in total. The fourth-order valence-electron chi connectivity index (χ4n) is 4.64. The molecule has 2 saturated heterocycles. The van der Waals surface area contributed by atoms with Gasteiger partial charge in [0.2, 0.25) is 5.91 Å². The van der Waals surface area contributed by atoms with Crippen molar-refractivity contribution in [3.05, 3.63) is 35.2 Å². The van der Waals surface area contributed by atoms with Gasteiger partial charge in [-0.1, -0.05) is 5.16 Å². The van der Waals surface area contributed by atoms with Crippen molar-refractivity contribution in [2.75, 3.05) is 26.2 Å². The second-order valence-corrected chi connectivity index (χ2v) is 8.17. The van der Waals surface area contributed by atoms with Crippen LogP contribution in [-0.2, 0) is 11.2 Å². The summed E-state index contributed by atoms with van der Waals surface area (Å²) in [6.45, 7) is 6.41. The Hall–Kier alpha value is -2.64. The van der Waals surface area contributed by atoms with E-state index in [9.17, 15) is 9.59 Å². The third-order valence-electron chi connectivity index (χ3n) is 6.15. The summed E-state index contributed by atoms with van der Waals surface area (Å²) in [5.41, 5.74) is 2.24. The smallest absolute Gasteiger partial charge is 0.259 e. The number of aromatic amines is 1. The highest BCUT2D eigenvalue weighted by Gasteiger charge is 2.43. The first kappa shape index (κ1) is 18.7. The van der Waals surface area contributed by atoms with Crippen LogP contribution < -0.4 is 0 Å². The van der Waals surface area contributed by atoms with Gasteiger partial charge in [0, 0.05) is 56.3 Å². The zero-order valence-electron chi connectivity index (χ0n) is 16.5. The number of hydrogen-bond acceptors (Lipinski definition) is 5. The molecule has 4 rings (SSSR count). The standard InChI is InChI=1S/C20H27N5O3/c1-14-18(15(2)28-23-14)19(27)25-8-3-6-20(12-25)7-4-17(26)24(11-20)9-5-16-10-21-13-22-16/h10,13H,3-9,11-12H2,1-2H3,(H,21,22). The van der Waals surface area contributed by atoms with Gasteiger partial charge >= 0.3 is 0 Å². The number of rotatable bonds is 4. The van der Waals surface area contributed by atoms with Gasteiger partial charge < -0.3 is 19.3 Å². The van der Waals surface area contributed by atoms with Crippen molar-refractivity contribution in [1.29, 1.82) is 0 Å². The zero-order valence-corrected chi connectivity index (χ0v) is 16.5. The molecular formula is C20H27N5O3. The molecule has 150 valence electrons. The van der Waals surface area contributed by atoms with E-state index in [2.05, 4.69) is 15.1 Å². The minimum absolute atomic E-state index is 0.00349. The molecule has 2 aromatic heterocycles. The molecule has 2 aliphatic heterocycles. The van der Waals surface area contributed by atoms with E-state index in [0.29, 0.717) is 43.1 Å². The Morgan fingerprint density at radius 2 is 2.18 bits per heavy atom. The number of aryl methyl sites for hydroxylation is 2. The Labute approximate surface area is 164 Å². The van der Waals surface area contributed by atoms with Crippen LogP contribution in [0.4, 0.5) is 0 Å². The van der Waals surface area contributed by atoms with Crippen LogP contribution in [-0.4, -0.2) is 62.9 Å². The number of hydrogen-bond donors (Lipinski definition) is 1. The fraction of sp³-hybridized carbons (Fsp3) is 0.600. The number of nitrogens with zero attached hydrogens (tertiary/aromatic N) is 4. The highest BCUT2D eigenvalue weighted by atomic mass is 16.5. The number of aromatic nitrogens is 3. The van der Waals surface area contributed by atoms with Crippen molar-refractivity contribution in [3.63, 3.8) is 0 Å². The van der Waals surface area contributed by atoms with Crippen molar-refractivity contribution in [2.24, 2.45) is 5.41 Å². The minimum atomic E-state index is -0.0191. The van der Waals surface area contributed by atoms with Crippen molar-refractivity contribution < 1.29 is 14.1 Å². The lowest BCUT2D eigenvalue weighted by molar-refractivity contribution is -0.138. The SMILES string of the molecule is Cc1noc(C)c1C(=O)N1CCCC2(CCC(=O)N(CCc3cnc[nH]3)C2)C1. The second kappa shape index (κ2) is 7.41. The van der Waals surface area contributed by atoms with E-state index in [-0.39, 0.29) is 17.2 Å². The Bertz CT molecular complexity index is 840. The molecule has 2 aromatic rings. The Morgan fingerprint density at radius 3 is 2.89 bits per heavy atom. The first-order valence-electron chi connectivity index (χ1n) is 9.95. The summed E-state index contributed by atoms with van der Waals surface area (Å²) in [5.74, 6) is 0.776. The maximum Gasteiger partial charge on any atom is 0.259 e. The predicted molar refractivity (Wildman–Crippen MR) is 102 cm³/mol. The first-order chi connectivity index (χ1) is 13.5. The molecule has 1 spiro atoms. The van der Waals surface area contributed by atoms with E-state index in [1.807, 2.05) is 9.80 Å². The van der Waals surface area contributed by atoms with E-state index >= 15 is 0 Å². The molecule has 0 saturated carbocycles. The molecule has 0 bridgehead atoms.